The summed E-state index contributed by atoms with van der Waals surface area (Å²) in [7, 11) is 0. The van der Waals surface area contributed by atoms with E-state index in [1.165, 1.54) is 36.0 Å². The molecule has 0 saturated carbocycles. The van der Waals surface area contributed by atoms with Crippen molar-refractivity contribution in [1.29, 1.82) is 0 Å². The number of aliphatic imine (C=N–C) groups is 1. The number of carboxylic acid groups (broad SMARTS) is 3. The van der Waals surface area contributed by atoms with Gasteiger partial charge in [-0.3, -0.25) is 62.5 Å². The minimum absolute atomic E-state index is 0.0199. The second-order valence-electron chi connectivity index (χ2n) is 16.8. The molecule has 1 rings (SSSR count). The molecular weight excluding hydrogens is 1030 g/mol. The van der Waals surface area contributed by atoms with Crippen LogP contribution >= 0.6 is 24.4 Å². The van der Waals surface area contributed by atoms with Gasteiger partial charge in [-0.1, -0.05) is 32.4 Å². The Balaban J connectivity index is 3.26. The number of thioether (sulfide) groups is 1. The Kier molecular flexibility index (Phi) is 30.5. The van der Waals surface area contributed by atoms with Gasteiger partial charge in [0.2, 0.25) is 53.2 Å². The second-order valence-corrected chi connectivity index (χ2v) is 18.1. The lowest BCUT2D eigenvalue weighted by Crippen LogP contribution is -2.60. The smallest absolute Gasteiger partial charge is 0.322 e. The van der Waals surface area contributed by atoms with Gasteiger partial charge >= 0.3 is 17.9 Å². The first-order chi connectivity index (χ1) is 35.3. The highest BCUT2D eigenvalue weighted by Crippen LogP contribution is 2.15. The van der Waals surface area contributed by atoms with Crippen LogP contribution in [0, 0.1) is 5.92 Å². The summed E-state index contributed by atoms with van der Waals surface area (Å²) in [5.41, 5.74) is 17.0. The molecule has 0 aromatic heterocycles. The second kappa shape index (κ2) is 34.9. The lowest BCUT2D eigenvalue weighted by molar-refractivity contribution is -0.142. The van der Waals surface area contributed by atoms with Crippen LogP contribution in [0.15, 0.2) is 29.3 Å². The molecule has 0 aliphatic heterocycles. The first kappa shape index (κ1) is 65.6. The summed E-state index contributed by atoms with van der Waals surface area (Å²) in [6.45, 7) is 0.724. The number of carbonyl (C=O) groups is 12. The van der Waals surface area contributed by atoms with Crippen molar-refractivity contribution in [3.63, 3.8) is 0 Å². The molecule has 1 aromatic carbocycles. The zero-order valence-electron chi connectivity index (χ0n) is 41.6. The van der Waals surface area contributed by atoms with Crippen molar-refractivity contribution in [2.24, 2.45) is 28.1 Å². The molecule has 0 aliphatic carbocycles. The Labute approximate surface area is 441 Å². The summed E-state index contributed by atoms with van der Waals surface area (Å²) in [4.78, 5) is 157. The zero-order chi connectivity index (χ0) is 56.8. The lowest BCUT2D eigenvalue weighted by Gasteiger charge is -2.29. The van der Waals surface area contributed by atoms with Gasteiger partial charge in [-0.25, -0.2) is 0 Å². The summed E-state index contributed by atoms with van der Waals surface area (Å²) < 4.78 is 0. The van der Waals surface area contributed by atoms with Gasteiger partial charge in [-0.05, 0) is 61.3 Å². The van der Waals surface area contributed by atoms with E-state index in [2.05, 4.69) is 60.2 Å². The predicted octanol–water partition coefficient (Wildman–Crippen LogP) is -5.27. The number of amides is 9. The van der Waals surface area contributed by atoms with Crippen molar-refractivity contribution in [1.82, 2.24) is 47.9 Å². The van der Waals surface area contributed by atoms with Gasteiger partial charge in [0.15, 0.2) is 5.96 Å². The SMILES string of the molecule is CC[C@H](C)[C@H](NC(=O)[C@H](Cc1ccc(O)cc1)NC(=O)[C@H](CCSC)NC(=O)[C@@H](N)CS)C(=O)N[C@@H](CCC(=O)O)C(=O)NCC(=O)NCC(=O)N[C@@H](CCCN=C(N)N)C(=O)N[C@@H](CC(=O)O)C(=O)NCC(=O)O. The minimum Gasteiger partial charge on any atom is -0.508 e. The molecule has 9 amide bonds. The van der Waals surface area contributed by atoms with Crippen molar-refractivity contribution in [3.8, 4) is 5.75 Å². The molecule has 0 aliphatic rings. The van der Waals surface area contributed by atoms with E-state index in [9.17, 15) is 72.9 Å². The van der Waals surface area contributed by atoms with Crippen LogP contribution in [0.4, 0.5) is 0 Å². The molecule has 29 nitrogen and oxygen atoms in total. The summed E-state index contributed by atoms with van der Waals surface area (Å²) in [5.74, 6) is -13.4. The Bertz CT molecular complexity index is 2190. The number of nitrogens with one attached hydrogen (secondary N) is 9. The highest BCUT2D eigenvalue weighted by Gasteiger charge is 2.35. The van der Waals surface area contributed by atoms with Crippen LogP contribution in [0.1, 0.15) is 64.4 Å². The van der Waals surface area contributed by atoms with Crippen LogP contribution in [0.2, 0.25) is 0 Å². The number of carbonyl (C=O) groups excluding carboxylic acids is 9. The van der Waals surface area contributed by atoms with Crippen LogP contribution in [-0.4, -0.2) is 184 Å². The van der Waals surface area contributed by atoms with Crippen LogP contribution in [0.5, 0.6) is 5.75 Å². The molecule has 19 N–H and O–H groups in total. The fourth-order valence-electron chi connectivity index (χ4n) is 6.46. The van der Waals surface area contributed by atoms with Gasteiger partial charge in [0.05, 0.1) is 25.6 Å². The maximum absolute atomic E-state index is 14.1. The van der Waals surface area contributed by atoms with Crippen LogP contribution in [-0.2, 0) is 64.0 Å². The summed E-state index contributed by atoms with van der Waals surface area (Å²) in [6.07, 6.45) is -0.203. The van der Waals surface area contributed by atoms with Crippen LogP contribution in [0.25, 0.3) is 0 Å². The molecule has 0 radical (unpaired) electrons. The maximum atomic E-state index is 14.1. The Hall–Kier alpha value is -7.41. The quantitative estimate of drug-likeness (QED) is 0.0129. The van der Waals surface area contributed by atoms with Crippen LogP contribution in [0.3, 0.4) is 0 Å². The van der Waals surface area contributed by atoms with Gasteiger partial charge in [0.1, 0.15) is 48.5 Å². The van der Waals surface area contributed by atoms with E-state index >= 15 is 0 Å². The third-order valence-corrected chi connectivity index (χ3v) is 11.8. The van der Waals surface area contributed by atoms with Gasteiger partial charge in [-0.2, -0.15) is 24.4 Å². The zero-order valence-corrected chi connectivity index (χ0v) is 43.3. The number of phenols is 1. The number of nitrogens with two attached hydrogens (primary N) is 3. The van der Waals surface area contributed by atoms with E-state index in [4.69, 9.17) is 22.3 Å². The first-order valence-electron chi connectivity index (χ1n) is 23.3. The van der Waals surface area contributed by atoms with Gasteiger partial charge in [-0.15, -0.1) is 0 Å². The maximum Gasteiger partial charge on any atom is 0.322 e. The minimum atomic E-state index is -1.77. The van der Waals surface area contributed by atoms with E-state index in [0.29, 0.717) is 11.3 Å². The molecule has 31 heteroatoms. The average Bonchev–Trinajstić information content (AvgIpc) is 3.35. The Morgan fingerprint density at radius 2 is 1.16 bits per heavy atom. The number of carboxylic acids is 3. The van der Waals surface area contributed by atoms with E-state index in [0.717, 1.165) is 0 Å². The summed E-state index contributed by atoms with van der Waals surface area (Å²) in [6, 6.07) is -4.13. The summed E-state index contributed by atoms with van der Waals surface area (Å²) >= 11 is 5.43. The fourth-order valence-corrected chi connectivity index (χ4v) is 7.10. The first-order valence-corrected chi connectivity index (χ1v) is 25.3. The highest BCUT2D eigenvalue weighted by atomic mass is 32.2. The molecule has 0 bridgehead atoms. The summed E-state index contributed by atoms with van der Waals surface area (Å²) in [5, 5.41) is 58.6. The number of aliphatic carboxylic acids is 3. The molecule has 0 heterocycles. The Morgan fingerprint density at radius 3 is 1.72 bits per heavy atom. The number of thiol groups is 1. The third-order valence-electron chi connectivity index (χ3n) is 10.8. The monoisotopic (exact) mass is 1100 g/mol. The number of aromatic hydroxyl groups is 1. The third kappa shape index (κ3) is 26.9. The molecule has 0 saturated heterocycles. The van der Waals surface area contributed by atoms with Crippen molar-refractivity contribution in [3.05, 3.63) is 29.8 Å². The number of rotatable bonds is 36. The lowest BCUT2D eigenvalue weighted by atomic mass is 9.96. The largest absolute Gasteiger partial charge is 0.508 e. The standard InChI is InChI=1S/C44H69N13O16S2/c1-4-22(2)36(57-42(72)29(16-23-7-9-24(58)10-8-23)55-41(71)28(13-15-75-3)53-37(67)25(45)21-74)43(73)54-27(11-12-33(61)62)38(68)50-18-31(59)49-19-32(60)52-26(6-5-14-48-44(46)47)40(70)56-30(17-34(63)64)39(69)51-20-35(65)66/h7-10,22,25-30,36,58,74H,4-6,11-21,45H2,1-3H3,(H,49,59)(H,50,68)(H,51,69)(H,52,60)(H,53,67)(H,54,73)(H,55,71)(H,56,70)(H,57,72)(H,61,62)(H,63,64)(H,65,66)(H4,46,47,48)/t22-,25-,26-,27-,28-,29-,30-,36-/m0/s1. The van der Waals surface area contributed by atoms with Gasteiger partial charge in [0.25, 0.3) is 0 Å². The number of nitrogens with zero attached hydrogens (tertiary/aromatic N) is 1. The topological polar surface area (TPSA) is 484 Å². The molecule has 0 fully saturated rings. The van der Waals surface area contributed by atoms with Crippen molar-refractivity contribution < 1.29 is 78.0 Å². The number of guanidine groups is 1. The molecule has 0 spiro atoms. The number of hydrogen-bond acceptors (Lipinski definition) is 17. The number of benzene rings is 1. The van der Waals surface area contributed by atoms with Gasteiger partial charge < -0.3 is 85.5 Å². The molecule has 8 atom stereocenters. The molecular formula is C44H69N13O16S2. The van der Waals surface area contributed by atoms with Crippen molar-refractivity contribution in [2.75, 3.05) is 43.9 Å². The molecule has 0 unspecified atom stereocenters. The van der Waals surface area contributed by atoms with Crippen molar-refractivity contribution >= 4 is 101 Å². The average molecular weight is 1100 g/mol. The number of hydrogen-bond donors (Lipinski definition) is 17. The van der Waals surface area contributed by atoms with E-state index in [1.807, 2.05) is 5.32 Å². The molecule has 75 heavy (non-hydrogen) atoms. The fraction of sp³-hybridized carbons (Fsp3) is 0.568. The van der Waals surface area contributed by atoms with Crippen molar-refractivity contribution in [2.45, 2.75) is 108 Å². The highest BCUT2D eigenvalue weighted by molar-refractivity contribution is 7.98. The van der Waals surface area contributed by atoms with Crippen LogP contribution < -0.4 is 65.1 Å². The van der Waals surface area contributed by atoms with E-state index in [-0.39, 0.29) is 56.1 Å². The van der Waals surface area contributed by atoms with E-state index < -0.39 is 158 Å². The normalized spacial score (nSPS) is 13.9. The molecule has 418 valence electrons. The van der Waals surface area contributed by atoms with E-state index in [1.54, 1.807) is 20.1 Å². The number of phenolic OH excluding ortho intramolecular Hbond substituents is 1. The molecule has 1 aromatic rings. The van der Waals surface area contributed by atoms with Gasteiger partial charge in [0, 0.05) is 25.1 Å². The predicted molar refractivity (Wildman–Crippen MR) is 273 cm³/mol. The Morgan fingerprint density at radius 1 is 0.627 bits per heavy atom.